The second kappa shape index (κ2) is 5.16. The third-order valence-electron chi connectivity index (χ3n) is 2.15. The molecule has 0 spiro atoms. The molecule has 0 saturated heterocycles. The van der Waals surface area contributed by atoms with Crippen LogP contribution < -0.4 is 0 Å². The third kappa shape index (κ3) is 2.72. The number of oxazole rings is 1. The van der Waals surface area contributed by atoms with Crippen molar-refractivity contribution in [3.63, 3.8) is 0 Å². The first-order chi connectivity index (χ1) is 7.07. The number of rotatable bonds is 4. The molecule has 1 aromatic rings. The fourth-order valence-electron chi connectivity index (χ4n) is 1.32. The molecule has 84 valence electrons. The summed E-state index contributed by atoms with van der Waals surface area (Å²) in [5.41, 5.74) is 0.611. The van der Waals surface area contributed by atoms with E-state index in [1.807, 2.05) is 13.8 Å². The molecule has 1 heterocycles. The highest BCUT2D eigenvalue weighted by Gasteiger charge is 2.22. The van der Waals surface area contributed by atoms with Crippen LogP contribution in [0.15, 0.2) is 10.8 Å². The van der Waals surface area contributed by atoms with E-state index in [-0.39, 0.29) is 11.9 Å². The lowest BCUT2D eigenvalue weighted by Crippen LogP contribution is -2.38. The summed E-state index contributed by atoms with van der Waals surface area (Å²) in [7, 11) is 0. The number of amides is 1. The Hall–Kier alpha value is -1.03. The summed E-state index contributed by atoms with van der Waals surface area (Å²) < 4.78 is 5.06. The molecule has 15 heavy (non-hydrogen) atoms. The maximum atomic E-state index is 12.0. The molecule has 1 rings (SSSR count). The molecular formula is C10H15ClN2O2. The van der Waals surface area contributed by atoms with E-state index >= 15 is 0 Å². The summed E-state index contributed by atoms with van der Waals surface area (Å²) in [6.45, 7) is 6.14. The highest BCUT2D eigenvalue weighted by Crippen LogP contribution is 2.11. The lowest BCUT2D eigenvalue weighted by Gasteiger charge is -2.24. The van der Waals surface area contributed by atoms with Crippen LogP contribution in [-0.4, -0.2) is 34.3 Å². The van der Waals surface area contributed by atoms with Crippen molar-refractivity contribution < 1.29 is 9.21 Å². The number of carbonyl (C=O) groups excluding carboxylic acids is 1. The maximum absolute atomic E-state index is 12.0. The zero-order valence-electron chi connectivity index (χ0n) is 9.16. The van der Waals surface area contributed by atoms with Gasteiger partial charge in [-0.25, -0.2) is 4.98 Å². The molecular weight excluding hydrogens is 216 g/mol. The van der Waals surface area contributed by atoms with Gasteiger partial charge in [0.15, 0.2) is 6.39 Å². The first kappa shape index (κ1) is 12.0. The van der Waals surface area contributed by atoms with Crippen LogP contribution in [0.3, 0.4) is 0 Å². The van der Waals surface area contributed by atoms with Gasteiger partial charge in [0.25, 0.3) is 5.91 Å². The summed E-state index contributed by atoms with van der Waals surface area (Å²) in [5, 5.41) is 0. The monoisotopic (exact) mass is 230 g/mol. The molecule has 0 aliphatic rings. The van der Waals surface area contributed by atoms with E-state index < -0.39 is 0 Å². The van der Waals surface area contributed by atoms with Crippen molar-refractivity contribution in [1.82, 2.24) is 9.88 Å². The minimum atomic E-state index is -0.152. The zero-order chi connectivity index (χ0) is 11.4. The maximum Gasteiger partial charge on any atom is 0.291 e. The minimum absolute atomic E-state index is 0.0979. The molecule has 1 amide bonds. The van der Waals surface area contributed by atoms with Gasteiger partial charge in [0.2, 0.25) is 5.76 Å². The van der Waals surface area contributed by atoms with Crippen molar-refractivity contribution in [1.29, 1.82) is 0 Å². The van der Waals surface area contributed by atoms with Gasteiger partial charge in [-0.3, -0.25) is 4.79 Å². The number of aryl methyl sites for hydroxylation is 1. The molecule has 0 atom stereocenters. The second-order valence-corrected chi connectivity index (χ2v) is 3.93. The Morgan fingerprint density at radius 3 is 2.73 bits per heavy atom. The van der Waals surface area contributed by atoms with E-state index in [1.54, 1.807) is 11.8 Å². The molecule has 5 heteroatoms. The molecule has 1 aromatic heterocycles. The fourth-order valence-corrected chi connectivity index (χ4v) is 1.51. The number of aromatic nitrogens is 1. The predicted molar refractivity (Wildman–Crippen MR) is 58.1 cm³/mol. The van der Waals surface area contributed by atoms with E-state index in [0.29, 0.717) is 23.9 Å². The zero-order valence-corrected chi connectivity index (χ0v) is 9.91. The van der Waals surface area contributed by atoms with Gasteiger partial charge < -0.3 is 9.32 Å². The van der Waals surface area contributed by atoms with Gasteiger partial charge in [-0.1, -0.05) is 0 Å². The van der Waals surface area contributed by atoms with E-state index in [4.69, 9.17) is 16.0 Å². The Kier molecular flexibility index (Phi) is 4.15. The number of carbonyl (C=O) groups is 1. The van der Waals surface area contributed by atoms with Gasteiger partial charge >= 0.3 is 0 Å². The first-order valence-corrected chi connectivity index (χ1v) is 5.38. The van der Waals surface area contributed by atoms with Crippen LogP contribution in [0.25, 0.3) is 0 Å². The molecule has 0 aromatic carbocycles. The van der Waals surface area contributed by atoms with E-state index in [2.05, 4.69) is 4.98 Å². The van der Waals surface area contributed by atoms with Crippen molar-refractivity contribution in [3.8, 4) is 0 Å². The van der Waals surface area contributed by atoms with E-state index in [1.165, 1.54) is 6.39 Å². The van der Waals surface area contributed by atoms with Gasteiger partial charge in [-0.15, -0.1) is 11.6 Å². The number of nitrogens with zero attached hydrogens (tertiary/aromatic N) is 2. The molecule has 0 N–H and O–H groups in total. The van der Waals surface area contributed by atoms with Crippen molar-refractivity contribution >= 4 is 17.5 Å². The normalized spacial score (nSPS) is 10.7. The number of hydrogen-bond donors (Lipinski definition) is 0. The molecule has 4 nitrogen and oxygen atoms in total. The van der Waals surface area contributed by atoms with Crippen LogP contribution >= 0.6 is 11.6 Å². The number of alkyl halides is 1. The Morgan fingerprint density at radius 2 is 2.33 bits per heavy atom. The van der Waals surface area contributed by atoms with Gasteiger partial charge in [-0.2, -0.15) is 0 Å². The Morgan fingerprint density at radius 1 is 1.67 bits per heavy atom. The standard InChI is InChI=1S/C10H15ClN2O2/c1-7(2)13(5-4-11)10(14)9-8(3)12-6-15-9/h6-7H,4-5H2,1-3H3. The van der Waals surface area contributed by atoms with Crippen molar-refractivity contribution in [2.45, 2.75) is 26.8 Å². The number of hydrogen-bond acceptors (Lipinski definition) is 3. The van der Waals surface area contributed by atoms with Crippen LogP contribution in [0.1, 0.15) is 30.1 Å². The fraction of sp³-hybridized carbons (Fsp3) is 0.600. The van der Waals surface area contributed by atoms with Crippen LogP contribution in [0, 0.1) is 6.92 Å². The lowest BCUT2D eigenvalue weighted by molar-refractivity contribution is 0.0684. The molecule has 0 unspecified atom stereocenters. The highest BCUT2D eigenvalue weighted by molar-refractivity contribution is 6.18. The molecule has 0 radical (unpaired) electrons. The van der Waals surface area contributed by atoms with Crippen LogP contribution in [-0.2, 0) is 0 Å². The summed E-state index contributed by atoms with van der Waals surface area (Å²) in [6.07, 6.45) is 1.28. The molecule has 0 bridgehead atoms. The van der Waals surface area contributed by atoms with Gasteiger partial charge in [-0.05, 0) is 20.8 Å². The lowest BCUT2D eigenvalue weighted by atomic mass is 10.2. The van der Waals surface area contributed by atoms with Crippen molar-refractivity contribution in [2.24, 2.45) is 0 Å². The molecule has 0 aliphatic carbocycles. The average Bonchev–Trinajstić information content (AvgIpc) is 2.59. The van der Waals surface area contributed by atoms with E-state index in [9.17, 15) is 4.79 Å². The van der Waals surface area contributed by atoms with Gasteiger partial charge in [0.1, 0.15) is 0 Å². The van der Waals surface area contributed by atoms with Crippen molar-refractivity contribution in [3.05, 3.63) is 17.8 Å². The largest absolute Gasteiger partial charge is 0.438 e. The summed E-state index contributed by atoms with van der Waals surface area (Å²) in [6, 6.07) is 0.0979. The minimum Gasteiger partial charge on any atom is -0.438 e. The summed E-state index contributed by atoms with van der Waals surface area (Å²) >= 11 is 5.65. The first-order valence-electron chi connectivity index (χ1n) is 4.85. The molecule has 0 aliphatic heterocycles. The second-order valence-electron chi connectivity index (χ2n) is 3.55. The number of halogens is 1. The Bertz CT molecular complexity index is 336. The Labute approximate surface area is 94.2 Å². The third-order valence-corrected chi connectivity index (χ3v) is 2.32. The van der Waals surface area contributed by atoms with Gasteiger partial charge in [0, 0.05) is 18.5 Å². The van der Waals surface area contributed by atoms with Gasteiger partial charge in [0.05, 0.1) is 5.69 Å². The van der Waals surface area contributed by atoms with Crippen LogP contribution in [0.2, 0.25) is 0 Å². The topological polar surface area (TPSA) is 46.3 Å². The Balaban J connectivity index is 2.86. The predicted octanol–water partition coefficient (Wildman–Crippen LogP) is 2.07. The smallest absolute Gasteiger partial charge is 0.291 e. The molecule has 0 fully saturated rings. The summed E-state index contributed by atoms with van der Waals surface area (Å²) in [5.74, 6) is 0.561. The molecule has 0 saturated carbocycles. The quantitative estimate of drug-likeness (QED) is 0.744. The average molecular weight is 231 g/mol. The summed E-state index contributed by atoms with van der Waals surface area (Å²) in [4.78, 5) is 17.6. The van der Waals surface area contributed by atoms with Crippen molar-refractivity contribution in [2.75, 3.05) is 12.4 Å². The highest BCUT2D eigenvalue weighted by atomic mass is 35.5. The SMILES string of the molecule is Cc1ncoc1C(=O)N(CCCl)C(C)C. The van der Waals surface area contributed by atoms with Crippen LogP contribution in [0.5, 0.6) is 0 Å². The van der Waals surface area contributed by atoms with E-state index in [0.717, 1.165) is 0 Å². The van der Waals surface area contributed by atoms with Crippen LogP contribution in [0.4, 0.5) is 0 Å².